The van der Waals surface area contributed by atoms with Crippen LogP contribution in [0.15, 0.2) is 30.3 Å². The van der Waals surface area contributed by atoms with Gasteiger partial charge in [0.25, 0.3) is 8.53 Å². The number of fused-ring (bicyclic) bond motifs is 1. The van der Waals surface area contributed by atoms with Crippen molar-refractivity contribution in [1.82, 2.24) is 14.9 Å². The first-order chi connectivity index (χ1) is 10.7. The van der Waals surface area contributed by atoms with Crippen LogP contribution >= 0.6 is 8.53 Å². The van der Waals surface area contributed by atoms with E-state index in [1.54, 1.807) is 0 Å². The van der Waals surface area contributed by atoms with E-state index in [1.165, 1.54) is 0 Å². The number of nitrogens with zero attached hydrogens (tertiary/aromatic N) is 2. The van der Waals surface area contributed by atoms with Crippen molar-refractivity contribution in [3.63, 3.8) is 0 Å². The lowest BCUT2D eigenvalue weighted by molar-refractivity contribution is 0.162. The van der Waals surface area contributed by atoms with E-state index >= 15 is 0 Å². The molecule has 0 radical (unpaired) electrons. The first kappa shape index (κ1) is 15.7. The topological polar surface area (TPSA) is 54.0 Å². The molecule has 1 aromatic rings. The standard InChI is InChI=1S/C15H22N3O3P/c1-13(14-5-3-2-4-6-14)16-15(19)17-7-8-18-10-12-21-22(18)20-11-9-17/h2-6,13H,7-12H2,1H3,(H,16,19)/t13-,22?/m1/s1. The van der Waals surface area contributed by atoms with E-state index in [0.717, 1.165) is 25.3 Å². The number of urea groups is 1. The van der Waals surface area contributed by atoms with Crippen LogP contribution in [-0.2, 0) is 9.05 Å². The molecule has 1 aromatic carbocycles. The zero-order valence-corrected chi connectivity index (χ0v) is 13.7. The van der Waals surface area contributed by atoms with E-state index in [-0.39, 0.29) is 12.1 Å². The highest BCUT2D eigenvalue weighted by atomic mass is 31.2. The smallest absolute Gasteiger partial charge is 0.317 e. The Labute approximate surface area is 132 Å². The molecular formula is C15H22N3O3P. The van der Waals surface area contributed by atoms with Crippen molar-refractivity contribution in [2.45, 2.75) is 13.0 Å². The average Bonchev–Trinajstić information content (AvgIpc) is 2.94. The highest BCUT2D eigenvalue weighted by Crippen LogP contribution is 2.46. The van der Waals surface area contributed by atoms with E-state index in [4.69, 9.17) is 9.05 Å². The minimum atomic E-state index is -0.879. The molecule has 3 rings (SSSR count). The van der Waals surface area contributed by atoms with Crippen molar-refractivity contribution in [3.05, 3.63) is 35.9 Å². The highest BCUT2D eigenvalue weighted by molar-refractivity contribution is 7.44. The van der Waals surface area contributed by atoms with Crippen LogP contribution in [0.1, 0.15) is 18.5 Å². The Kier molecular flexibility index (Phi) is 5.26. The zero-order chi connectivity index (χ0) is 15.4. The van der Waals surface area contributed by atoms with Gasteiger partial charge in [-0.05, 0) is 12.5 Å². The molecule has 1 N–H and O–H groups in total. The molecule has 120 valence electrons. The summed E-state index contributed by atoms with van der Waals surface area (Å²) >= 11 is 0. The van der Waals surface area contributed by atoms with Gasteiger partial charge in [0.2, 0.25) is 0 Å². The van der Waals surface area contributed by atoms with Crippen LogP contribution in [0.5, 0.6) is 0 Å². The van der Waals surface area contributed by atoms with Gasteiger partial charge in [0.15, 0.2) is 0 Å². The third-order valence-electron chi connectivity index (χ3n) is 3.90. The van der Waals surface area contributed by atoms with Crippen LogP contribution in [-0.4, -0.2) is 55.0 Å². The second-order valence-corrected chi connectivity index (χ2v) is 6.98. The van der Waals surface area contributed by atoms with Crippen LogP contribution < -0.4 is 5.32 Å². The molecule has 0 aromatic heterocycles. The van der Waals surface area contributed by atoms with E-state index in [2.05, 4.69) is 9.99 Å². The molecule has 0 saturated carbocycles. The molecule has 22 heavy (non-hydrogen) atoms. The van der Waals surface area contributed by atoms with E-state index in [0.29, 0.717) is 19.7 Å². The molecule has 6 nitrogen and oxygen atoms in total. The van der Waals surface area contributed by atoms with Gasteiger partial charge >= 0.3 is 6.03 Å². The number of carbonyl (C=O) groups excluding carboxylic acids is 1. The van der Waals surface area contributed by atoms with Crippen molar-refractivity contribution in [2.24, 2.45) is 0 Å². The predicted octanol–water partition coefficient (Wildman–Crippen LogP) is 2.35. The van der Waals surface area contributed by atoms with Gasteiger partial charge in [-0.25, -0.2) is 9.46 Å². The SMILES string of the molecule is C[C@@H](NC(=O)N1CCOP2OCCN2CC1)c1ccccc1. The summed E-state index contributed by atoms with van der Waals surface area (Å²) in [5.41, 5.74) is 1.11. The number of hydrogen-bond acceptors (Lipinski definition) is 4. The fourth-order valence-corrected chi connectivity index (χ4v) is 3.96. The fraction of sp³-hybridized carbons (Fsp3) is 0.533. The Bertz CT molecular complexity index is 502. The quantitative estimate of drug-likeness (QED) is 0.849. The summed E-state index contributed by atoms with van der Waals surface area (Å²) in [6.07, 6.45) is 0. The zero-order valence-electron chi connectivity index (χ0n) is 12.8. The Balaban J connectivity index is 1.55. The van der Waals surface area contributed by atoms with Crippen LogP contribution in [0.4, 0.5) is 4.79 Å². The second kappa shape index (κ2) is 7.38. The molecule has 7 heteroatoms. The lowest BCUT2D eigenvalue weighted by Crippen LogP contribution is -2.46. The lowest BCUT2D eigenvalue weighted by Gasteiger charge is -2.31. The third kappa shape index (κ3) is 3.76. The average molecular weight is 323 g/mol. The van der Waals surface area contributed by atoms with Gasteiger partial charge < -0.3 is 19.3 Å². The number of benzene rings is 1. The second-order valence-electron chi connectivity index (χ2n) is 5.43. The number of amides is 2. The van der Waals surface area contributed by atoms with Gasteiger partial charge in [0, 0.05) is 26.2 Å². The van der Waals surface area contributed by atoms with Gasteiger partial charge in [-0.3, -0.25) is 0 Å². The Hall–Kier alpha value is -1.20. The van der Waals surface area contributed by atoms with Crippen LogP contribution in [0.3, 0.4) is 0 Å². The number of hydrogen-bond donors (Lipinski definition) is 1. The van der Waals surface area contributed by atoms with Crippen LogP contribution in [0, 0.1) is 0 Å². The fourth-order valence-electron chi connectivity index (χ4n) is 2.58. The minimum absolute atomic E-state index is 0.00713. The van der Waals surface area contributed by atoms with Gasteiger partial charge in [-0.1, -0.05) is 30.3 Å². The summed E-state index contributed by atoms with van der Waals surface area (Å²) in [5.74, 6) is 0. The maximum absolute atomic E-state index is 12.5. The monoisotopic (exact) mass is 323 g/mol. The summed E-state index contributed by atoms with van der Waals surface area (Å²) in [6.45, 7) is 6.25. The largest absolute Gasteiger partial charge is 0.331 e. The van der Waals surface area contributed by atoms with Gasteiger partial charge in [0.1, 0.15) is 0 Å². The lowest BCUT2D eigenvalue weighted by atomic mass is 10.1. The summed E-state index contributed by atoms with van der Waals surface area (Å²) in [6, 6.07) is 9.95. The van der Waals surface area contributed by atoms with Crippen molar-refractivity contribution >= 4 is 14.6 Å². The summed E-state index contributed by atoms with van der Waals surface area (Å²) < 4.78 is 13.5. The molecular weight excluding hydrogens is 301 g/mol. The molecule has 2 atom stereocenters. The molecule has 0 aliphatic carbocycles. The van der Waals surface area contributed by atoms with Crippen molar-refractivity contribution in [3.8, 4) is 0 Å². The molecule has 2 heterocycles. The van der Waals surface area contributed by atoms with Crippen molar-refractivity contribution in [2.75, 3.05) is 39.4 Å². The Morgan fingerprint density at radius 3 is 2.64 bits per heavy atom. The highest BCUT2D eigenvalue weighted by Gasteiger charge is 2.30. The maximum atomic E-state index is 12.5. The first-order valence-corrected chi connectivity index (χ1v) is 8.78. The van der Waals surface area contributed by atoms with Crippen molar-refractivity contribution < 1.29 is 13.8 Å². The van der Waals surface area contributed by atoms with Crippen molar-refractivity contribution in [1.29, 1.82) is 0 Å². The molecule has 2 saturated heterocycles. The summed E-state index contributed by atoms with van der Waals surface area (Å²) in [4.78, 5) is 14.3. The molecule has 1 unspecified atom stereocenters. The normalized spacial score (nSPS) is 24.2. The molecule has 0 spiro atoms. The van der Waals surface area contributed by atoms with Crippen LogP contribution in [0.2, 0.25) is 0 Å². The molecule has 0 bridgehead atoms. The first-order valence-electron chi connectivity index (χ1n) is 7.65. The summed E-state index contributed by atoms with van der Waals surface area (Å²) in [7, 11) is -0.879. The predicted molar refractivity (Wildman–Crippen MR) is 85.4 cm³/mol. The Morgan fingerprint density at radius 1 is 1.14 bits per heavy atom. The molecule has 2 aliphatic rings. The number of rotatable bonds is 2. The molecule has 2 aliphatic heterocycles. The number of carbonyl (C=O) groups is 1. The van der Waals surface area contributed by atoms with E-state index < -0.39 is 8.53 Å². The molecule has 2 amide bonds. The third-order valence-corrected chi connectivity index (χ3v) is 5.57. The van der Waals surface area contributed by atoms with Gasteiger partial charge in [-0.2, -0.15) is 0 Å². The summed E-state index contributed by atoms with van der Waals surface area (Å²) in [5, 5.41) is 3.06. The van der Waals surface area contributed by atoms with Gasteiger partial charge in [-0.15, -0.1) is 0 Å². The Morgan fingerprint density at radius 2 is 1.86 bits per heavy atom. The van der Waals surface area contributed by atoms with E-state index in [1.807, 2.05) is 42.2 Å². The van der Waals surface area contributed by atoms with Crippen LogP contribution in [0.25, 0.3) is 0 Å². The maximum Gasteiger partial charge on any atom is 0.317 e. The molecule has 2 fully saturated rings. The van der Waals surface area contributed by atoms with E-state index in [9.17, 15) is 4.79 Å². The van der Waals surface area contributed by atoms with Gasteiger partial charge in [0.05, 0.1) is 19.3 Å². The number of nitrogens with one attached hydrogen (secondary N) is 1. The minimum Gasteiger partial charge on any atom is -0.331 e.